The van der Waals surface area contributed by atoms with Gasteiger partial charge in [0.1, 0.15) is 11.4 Å². The fourth-order valence-electron chi connectivity index (χ4n) is 2.42. The van der Waals surface area contributed by atoms with Crippen molar-refractivity contribution in [1.82, 2.24) is 9.88 Å². The van der Waals surface area contributed by atoms with E-state index in [1.165, 1.54) is 11.1 Å². The van der Waals surface area contributed by atoms with E-state index in [9.17, 15) is 23.1 Å². The third-order valence-electron chi connectivity index (χ3n) is 3.43. The van der Waals surface area contributed by atoms with Crippen LogP contribution in [0.15, 0.2) is 12.3 Å². The highest BCUT2D eigenvalue weighted by molar-refractivity contribution is 5.95. The predicted molar refractivity (Wildman–Crippen MR) is 70.6 cm³/mol. The van der Waals surface area contributed by atoms with Gasteiger partial charge in [-0.1, -0.05) is 0 Å². The fourth-order valence-corrected chi connectivity index (χ4v) is 2.42. The van der Waals surface area contributed by atoms with Gasteiger partial charge in [-0.15, -0.1) is 0 Å². The molecule has 2 rings (SSSR count). The lowest BCUT2D eigenvalue weighted by molar-refractivity contribution is -0.146. The first-order valence-corrected chi connectivity index (χ1v) is 6.51. The molecule has 5 nitrogen and oxygen atoms in total. The van der Waals surface area contributed by atoms with E-state index < -0.39 is 18.7 Å². The molecule has 0 aliphatic carbocycles. The molecule has 1 aliphatic rings. The second-order valence-corrected chi connectivity index (χ2v) is 5.01. The third-order valence-corrected chi connectivity index (χ3v) is 3.43. The highest BCUT2D eigenvalue weighted by Crippen LogP contribution is 2.23. The standard InChI is InChI=1S/C13H16F3N3O2/c1-9-2-3-17-11(10(9)12(20)21)19-6-4-18(5-7-19)8-13(14,15)16/h2-3H,4-8H2,1H3,(H,20,21). The molecule has 0 amide bonds. The van der Waals surface area contributed by atoms with Crippen LogP contribution in [0, 0.1) is 6.92 Å². The van der Waals surface area contributed by atoms with Gasteiger partial charge in [-0.3, -0.25) is 4.90 Å². The zero-order valence-corrected chi connectivity index (χ0v) is 11.5. The summed E-state index contributed by atoms with van der Waals surface area (Å²) in [7, 11) is 0. The van der Waals surface area contributed by atoms with E-state index in [-0.39, 0.29) is 18.7 Å². The van der Waals surface area contributed by atoms with Crippen molar-refractivity contribution in [3.8, 4) is 0 Å². The molecule has 0 unspecified atom stereocenters. The number of hydrogen-bond acceptors (Lipinski definition) is 4. The number of halogens is 3. The van der Waals surface area contributed by atoms with Crippen molar-refractivity contribution in [3.63, 3.8) is 0 Å². The van der Waals surface area contributed by atoms with Crippen LogP contribution in [0.3, 0.4) is 0 Å². The van der Waals surface area contributed by atoms with Gasteiger partial charge < -0.3 is 10.0 Å². The number of pyridine rings is 1. The number of piperazine rings is 1. The van der Waals surface area contributed by atoms with Crippen molar-refractivity contribution < 1.29 is 23.1 Å². The number of carbonyl (C=O) groups is 1. The lowest BCUT2D eigenvalue weighted by Crippen LogP contribution is -2.49. The molecule has 1 aromatic heterocycles. The maximum Gasteiger partial charge on any atom is 0.401 e. The van der Waals surface area contributed by atoms with Crippen LogP contribution in [0.5, 0.6) is 0 Å². The smallest absolute Gasteiger partial charge is 0.401 e. The summed E-state index contributed by atoms with van der Waals surface area (Å²) in [6, 6.07) is 1.60. The molecule has 0 saturated carbocycles. The van der Waals surface area contributed by atoms with Crippen LogP contribution in [0.2, 0.25) is 0 Å². The lowest BCUT2D eigenvalue weighted by Gasteiger charge is -2.36. The Balaban J connectivity index is 2.10. The summed E-state index contributed by atoms with van der Waals surface area (Å²) in [5.41, 5.74) is 0.701. The van der Waals surface area contributed by atoms with Gasteiger partial charge in [0.25, 0.3) is 0 Å². The van der Waals surface area contributed by atoms with Crippen LogP contribution in [0.4, 0.5) is 19.0 Å². The molecule has 21 heavy (non-hydrogen) atoms. The van der Waals surface area contributed by atoms with Gasteiger partial charge in [-0.05, 0) is 18.6 Å². The van der Waals surface area contributed by atoms with Crippen LogP contribution in [0.1, 0.15) is 15.9 Å². The highest BCUT2D eigenvalue weighted by atomic mass is 19.4. The second kappa shape index (κ2) is 5.88. The molecule has 0 bridgehead atoms. The van der Waals surface area contributed by atoms with E-state index in [0.29, 0.717) is 24.5 Å². The zero-order chi connectivity index (χ0) is 15.6. The summed E-state index contributed by atoms with van der Waals surface area (Å²) >= 11 is 0. The Bertz CT molecular complexity index is 526. The van der Waals surface area contributed by atoms with Crippen LogP contribution >= 0.6 is 0 Å². The van der Waals surface area contributed by atoms with Crippen molar-refractivity contribution in [3.05, 3.63) is 23.4 Å². The summed E-state index contributed by atoms with van der Waals surface area (Å²) in [6.45, 7) is 1.85. The molecule has 8 heteroatoms. The number of carboxylic acid groups (broad SMARTS) is 1. The summed E-state index contributed by atoms with van der Waals surface area (Å²) in [5.74, 6) is -0.748. The molecule has 2 heterocycles. The minimum atomic E-state index is -4.21. The van der Waals surface area contributed by atoms with Crippen molar-refractivity contribution >= 4 is 11.8 Å². The first kappa shape index (κ1) is 15.6. The van der Waals surface area contributed by atoms with Crippen molar-refractivity contribution in [1.29, 1.82) is 0 Å². The Labute approximate surface area is 120 Å². The van der Waals surface area contributed by atoms with Crippen molar-refractivity contribution in [2.45, 2.75) is 13.1 Å². The zero-order valence-electron chi connectivity index (χ0n) is 11.5. The van der Waals surface area contributed by atoms with E-state index >= 15 is 0 Å². The van der Waals surface area contributed by atoms with Crippen LogP contribution in [-0.4, -0.2) is 59.9 Å². The summed E-state index contributed by atoms with van der Waals surface area (Å²) in [6.07, 6.45) is -2.70. The average Bonchev–Trinajstić information content (AvgIpc) is 2.37. The Kier molecular flexibility index (Phi) is 4.36. The van der Waals surface area contributed by atoms with E-state index in [1.54, 1.807) is 17.9 Å². The maximum atomic E-state index is 12.3. The number of carboxylic acids is 1. The van der Waals surface area contributed by atoms with E-state index in [4.69, 9.17) is 0 Å². The predicted octanol–water partition coefficient (Wildman–Crippen LogP) is 1.77. The number of aryl methyl sites for hydroxylation is 1. The van der Waals surface area contributed by atoms with Crippen molar-refractivity contribution in [2.75, 3.05) is 37.6 Å². The Morgan fingerprint density at radius 2 is 1.95 bits per heavy atom. The number of hydrogen-bond donors (Lipinski definition) is 1. The van der Waals surface area contributed by atoms with E-state index in [2.05, 4.69) is 4.98 Å². The molecular weight excluding hydrogens is 287 g/mol. The Hall–Kier alpha value is -1.83. The maximum absolute atomic E-state index is 12.3. The van der Waals surface area contributed by atoms with Gasteiger partial charge in [0.2, 0.25) is 0 Å². The molecule has 0 atom stereocenters. The largest absolute Gasteiger partial charge is 0.478 e. The summed E-state index contributed by atoms with van der Waals surface area (Å²) in [4.78, 5) is 18.4. The van der Waals surface area contributed by atoms with Gasteiger partial charge in [-0.2, -0.15) is 13.2 Å². The number of alkyl halides is 3. The number of anilines is 1. The minimum Gasteiger partial charge on any atom is -0.478 e. The molecule has 1 fully saturated rings. The van der Waals surface area contributed by atoms with Crippen LogP contribution < -0.4 is 4.90 Å². The number of aromatic carboxylic acids is 1. The van der Waals surface area contributed by atoms with Gasteiger partial charge in [-0.25, -0.2) is 9.78 Å². The normalized spacial score (nSPS) is 17.0. The SMILES string of the molecule is Cc1ccnc(N2CCN(CC(F)(F)F)CC2)c1C(=O)O. The Morgan fingerprint density at radius 3 is 2.48 bits per heavy atom. The number of aromatic nitrogens is 1. The molecule has 0 spiro atoms. The first-order valence-electron chi connectivity index (χ1n) is 6.51. The van der Waals surface area contributed by atoms with Gasteiger partial charge >= 0.3 is 12.1 Å². The van der Waals surface area contributed by atoms with Crippen LogP contribution in [-0.2, 0) is 0 Å². The monoisotopic (exact) mass is 303 g/mol. The van der Waals surface area contributed by atoms with E-state index in [1.807, 2.05) is 0 Å². The summed E-state index contributed by atoms with van der Waals surface area (Å²) in [5, 5.41) is 9.26. The van der Waals surface area contributed by atoms with Crippen molar-refractivity contribution in [2.24, 2.45) is 0 Å². The number of nitrogens with zero attached hydrogens (tertiary/aromatic N) is 3. The molecule has 1 aliphatic heterocycles. The van der Waals surface area contributed by atoms with Crippen LogP contribution in [0.25, 0.3) is 0 Å². The van der Waals surface area contributed by atoms with Gasteiger partial charge in [0.15, 0.2) is 0 Å². The topological polar surface area (TPSA) is 56.7 Å². The molecule has 1 aromatic rings. The van der Waals surface area contributed by atoms with Gasteiger partial charge in [0.05, 0.1) is 6.54 Å². The summed E-state index contributed by atoms with van der Waals surface area (Å²) < 4.78 is 37.0. The molecule has 1 saturated heterocycles. The quantitative estimate of drug-likeness (QED) is 0.922. The highest BCUT2D eigenvalue weighted by Gasteiger charge is 2.33. The molecular formula is C13H16F3N3O2. The van der Waals surface area contributed by atoms with E-state index in [0.717, 1.165) is 0 Å². The molecule has 0 aromatic carbocycles. The average molecular weight is 303 g/mol. The fraction of sp³-hybridized carbons (Fsp3) is 0.538. The van der Waals surface area contributed by atoms with Gasteiger partial charge in [0, 0.05) is 32.4 Å². The second-order valence-electron chi connectivity index (χ2n) is 5.01. The number of rotatable bonds is 3. The minimum absolute atomic E-state index is 0.113. The molecule has 1 N–H and O–H groups in total. The first-order chi connectivity index (χ1) is 9.78. The molecule has 0 radical (unpaired) electrons. The third kappa shape index (κ3) is 3.84. The Morgan fingerprint density at radius 1 is 1.33 bits per heavy atom. The molecule has 116 valence electrons. The lowest BCUT2D eigenvalue weighted by atomic mass is 10.1.